The Balaban J connectivity index is 2.39. The van der Waals surface area contributed by atoms with Crippen molar-refractivity contribution in [2.24, 2.45) is 11.0 Å². The molecule has 0 aromatic carbocycles. The third-order valence-corrected chi connectivity index (χ3v) is 3.85. The molecule has 1 N–H and O–H groups in total. The van der Waals surface area contributed by atoms with E-state index in [0.29, 0.717) is 19.3 Å². The number of aliphatic hydroxyl groups is 1. The number of hydrogen-bond donors (Lipinski definition) is 1. The molecule has 1 saturated carbocycles. The van der Waals surface area contributed by atoms with Crippen molar-refractivity contribution < 1.29 is 27.8 Å². The summed E-state index contributed by atoms with van der Waals surface area (Å²) in [6.45, 7) is 4.62. The van der Waals surface area contributed by atoms with Gasteiger partial charge in [-0.2, -0.15) is 23.3 Å². The Morgan fingerprint density at radius 1 is 1.32 bits per heavy atom. The lowest BCUT2D eigenvalue weighted by Crippen LogP contribution is -2.61. The molecule has 0 saturated heterocycles. The first kappa shape index (κ1) is 17.1. The monoisotopic (exact) mass is 322 g/mol. The highest BCUT2D eigenvalue weighted by molar-refractivity contribution is 5.92. The zero-order chi connectivity index (χ0) is 16.8. The number of halogens is 3. The van der Waals surface area contributed by atoms with Crippen molar-refractivity contribution in [2.45, 2.75) is 70.4 Å². The molecule has 1 heterocycles. The molecule has 1 fully saturated rings. The number of rotatable bonds is 0. The summed E-state index contributed by atoms with van der Waals surface area (Å²) in [5.74, 6) is -1.22. The van der Waals surface area contributed by atoms with E-state index in [1.807, 2.05) is 0 Å². The second kappa shape index (κ2) is 5.40. The van der Waals surface area contributed by atoms with Crippen molar-refractivity contribution in [2.75, 3.05) is 0 Å². The molecule has 126 valence electrons. The van der Waals surface area contributed by atoms with Crippen molar-refractivity contribution in [3.63, 3.8) is 0 Å². The molecule has 0 aromatic rings. The number of ether oxygens (including phenoxy) is 1. The molecule has 8 heteroatoms. The van der Waals surface area contributed by atoms with Gasteiger partial charge in [-0.3, -0.25) is 0 Å². The van der Waals surface area contributed by atoms with Crippen LogP contribution in [-0.2, 0) is 4.74 Å². The van der Waals surface area contributed by atoms with Crippen LogP contribution < -0.4 is 0 Å². The predicted molar refractivity (Wildman–Crippen MR) is 73.1 cm³/mol. The normalized spacial score (nSPS) is 29.7. The molecule has 2 unspecified atom stereocenters. The van der Waals surface area contributed by atoms with E-state index in [1.165, 1.54) is 0 Å². The summed E-state index contributed by atoms with van der Waals surface area (Å²) < 4.78 is 45.5. The van der Waals surface area contributed by atoms with Gasteiger partial charge >= 0.3 is 12.3 Å². The summed E-state index contributed by atoms with van der Waals surface area (Å²) in [4.78, 5) is 12.1. The standard InChI is InChI=1S/C14H21F3N2O3/c1-12(2,3)22-11(20)19-13(21,14(15,16)17)9-7-5-4-6-8-10(9)18-19/h9,21H,4-8H2,1-3H3. The summed E-state index contributed by atoms with van der Waals surface area (Å²) in [6, 6.07) is 0. The summed E-state index contributed by atoms with van der Waals surface area (Å²) in [5.41, 5.74) is -4.08. The molecule has 1 amide bonds. The van der Waals surface area contributed by atoms with Gasteiger partial charge in [0.05, 0.1) is 5.92 Å². The van der Waals surface area contributed by atoms with E-state index in [1.54, 1.807) is 20.8 Å². The van der Waals surface area contributed by atoms with Crippen molar-refractivity contribution in [1.29, 1.82) is 0 Å². The maximum Gasteiger partial charge on any atom is 0.439 e. The fourth-order valence-electron chi connectivity index (χ4n) is 2.88. The van der Waals surface area contributed by atoms with Crippen molar-refractivity contribution >= 4 is 11.8 Å². The molecule has 0 bridgehead atoms. The average molecular weight is 322 g/mol. The van der Waals surface area contributed by atoms with Crippen molar-refractivity contribution in [3.8, 4) is 0 Å². The summed E-state index contributed by atoms with van der Waals surface area (Å²) in [5, 5.41) is 14.2. The predicted octanol–water partition coefficient (Wildman–Crippen LogP) is 3.42. The first-order valence-electron chi connectivity index (χ1n) is 7.36. The van der Waals surface area contributed by atoms with Crippen LogP contribution in [0.1, 0.15) is 52.9 Å². The van der Waals surface area contributed by atoms with E-state index in [2.05, 4.69) is 5.10 Å². The zero-order valence-electron chi connectivity index (χ0n) is 12.9. The third-order valence-electron chi connectivity index (χ3n) is 3.85. The van der Waals surface area contributed by atoms with Gasteiger partial charge < -0.3 is 9.84 Å². The van der Waals surface area contributed by atoms with E-state index in [9.17, 15) is 23.1 Å². The van der Waals surface area contributed by atoms with Crippen LogP contribution in [0.2, 0.25) is 0 Å². The van der Waals surface area contributed by atoms with Gasteiger partial charge in [0, 0.05) is 5.71 Å². The first-order valence-corrected chi connectivity index (χ1v) is 7.36. The smallest absolute Gasteiger partial charge is 0.439 e. The number of carbonyl (C=O) groups is 1. The number of hydrogen-bond acceptors (Lipinski definition) is 4. The quantitative estimate of drug-likeness (QED) is 0.743. The molecular weight excluding hydrogens is 301 g/mol. The highest BCUT2D eigenvalue weighted by Gasteiger charge is 2.68. The van der Waals surface area contributed by atoms with E-state index in [-0.39, 0.29) is 17.1 Å². The Hall–Kier alpha value is -1.31. The van der Waals surface area contributed by atoms with Gasteiger partial charge in [-0.15, -0.1) is 0 Å². The van der Waals surface area contributed by atoms with E-state index in [4.69, 9.17) is 4.74 Å². The lowest BCUT2D eigenvalue weighted by molar-refractivity contribution is -0.315. The SMILES string of the molecule is CC(C)(C)OC(=O)N1N=C2CCCCCC2C1(O)C(F)(F)F. The molecule has 1 aliphatic heterocycles. The summed E-state index contributed by atoms with van der Waals surface area (Å²) in [6.07, 6.45) is -3.75. The maximum atomic E-state index is 13.5. The van der Waals surface area contributed by atoms with Gasteiger partial charge in [-0.1, -0.05) is 12.8 Å². The van der Waals surface area contributed by atoms with Crippen LogP contribution in [0.3, 0.4) is 0 Å². The molecule has 2 aliphatic rings. The fourth-order valence-corrected chi connectivity index (χ4v) is 2.88. The number of nitrogens with zero attached hydrogens (tertiary/aromatic N) is 2. The number of hydrazone groups is 1. The molecule has 2 rings (SSSR count). The maximum absolute atomic E-state index is 13.5. The Morgan fingerprint density at radius 2 is 1.95 bits per heavy atom. The minimum atomic E-state index is -5.01. The minimum Gasteiger partial charge on any atom is -0.442 e. The lowest BCUT2D eigenvalue weighted by atomic mass is 9.87. The van der Waals surface area contributed by atoms with E-state index < -0.39 is 29.5 Å². The average Bonchev–Trinajstić information content (AvgIpc) is 2.51. The number of amides is 1. The highest BCUT2D eigenvalue weighted by Crippen LogP contribution is 2.47. The fraction of sp³-hybridized carbons (Fsp3) is 0.857. The Labute approximate surface area is 127 Å². The largest absolute Gasteiger partial charge is 0.442 e. The van der Waals surface area contributed by atoms with Crippen LogP contribution in [0.15, 0.2) is 5.10 Å². The summed E-state index contributed by atoms with van der Waals surface area (Å²) >= 11 is 0. The molecular formula is C14H21F3N2O3. The van der Waals surface area contributed by atoms with Crippen LogP contribution in [-0.4, -0.2) is 39.4 Å². The molecule has 2 atom stereocenters. The Kier molecular flexibility index (Phi) is 4.18. The van der Waals surface area contributed by atoms with E-state index >= 15 is 0 Å². The van der Waals surface area contributed by atoms with Gasteiger partial charge in [-0.25, -0.2) is 4.79 Å². The molecule has 22 heavy (non-hydrogen) atoms. The molecule has 1 aliphatic carbocycles. The van der Waals surface area contributed by atoms with Gasteiger partial charge in [0.2, 0.25) is 0 Å². The van der Waals surface area contributed by atoms with Crippen molar-refractivity contribution in [1.82, 2.24) is 5.01 Å². The highest BCUT2D eigenvalue weighted by atomic mass is 19.4. The number of alkyl halides is 3. The van der Waals surface area contributed by atoms with Gasteiger partial charge in [0.25, 0.3) is 5.72 Å². The Morgan fingerprint density at radius 3 is 2.50 bits per heavy atom. The van der Waals surface area contributed by atoms with Crippen LogP contribution in [0.4, 0.5) is 18.0 Å². The number of fused-ring (bicyclic) bond motifs is 1. The second-order valence-corrected chi connectivity index (χ2v) is 6.76. The molecule has 5 nitrogen and oxygen atoms in total. The van der Waals surface area contributed by atoms with Crippen LogP contribution >= 0.6 is 0 Å². The van der Waals surface area contributed by atoms with Crippen LogP contribution in [0.25, 0.3) is 0 Å². The molecule has 0 spiro atoms. The van der Waals surface area contributed by atoms with E-state index in [0.717, 1.165) is 6.42 Å². The zero-order valence-corrected chi connectivity index (χ0v) is 12.9. The lowest BCUT2D eigenvalue weighted by Gasteiger charge is -2.37. The second-order valence-electron chi connectivity index (χ2n) is 6.76. The minimum absolute atomic E-state index is 0.0869. The van der Waals surface area contributed by atoms with Crippen LogP contribution in [0, 0.1) is 5.92 Å². The van der Waals surface area contributed by atoms with Crippen molar-refractivity contribution in [3.05, 3.63) is 0 Å². The Bertz CT molecular complexity index is 485. The summed E-state index contributed by atoms with van der Waals surface area (Å²) in [7, 11) is 0. The van der Waals surface area contributed by atoms with Gasteiger partial charge in [0.15, 0.2) is 0 Å². The van der Waals surface area contributed by atoms with Crippen LogP contribution in [0.5, 0.6) is 0 Å². The van der Waals surface area contributed by atoms with Gasteiger partial charge in [-0.05, 0) is 40.0 Å². The first-order chi connectivity index (χ1) is 9.97. The molecule has 0 aromatic heterocycles. The number of carbonyl (C=O) groups excluding carboxylic acids is 1. The topological polar surface area (TPSA) is 62.1 Å². The third kappa shape index (κ3) is 2.93. The van der Waals surface area contributed by atoms with Gasteiger partial charge in [0.1, 0.15) is 5.60 Å². The molecule has 0 radical (unpaired) electrons.